The van der Waals surface area contributed by atoms with Gasteiger partial charge in [-0.3, -0.25) is 4.79 Å². The molecule has 24 heavy (non-hydrogen) atoms. The van der Waals surface area contributed by atoms with Crippen LogP contribution in [0.25, 0.3) is 0 Å². The van der Waals surface area contributed by atoms with Crippen LogP contribution in [0.3, 0.4) is 0 Å². The second-order valence-electron chi connectivity index (χ2n) is 6.36. The van der Waals surface area contributed by atoms with Gasteiger partial charge in [-0.05, 0) is 37.1 Å². The van der Waals surface area contributed by atoms with E-state index in [9.17, 15) is 4.79 Å². The third-order valence-electron chi connectivity index (χ3n) is 4.70. The van der Waals surface area contributed by atoms with E-state index in [1.807, 2.05) is 24.8 Å². The molecule has 0 aromatic heterocycles. The molecule has 132 valence electrons. The lowest BCUT2D eigenvalue weighted by Crippen LogP contribution is -2.50. The molecule has 2 heterocycles. The molecule has 0 aliphatic carbocycles. The zero-order chi connectivity index (χ0) is 17.2. The van der Waals surface area contributed by atoms with Crippen LogP contribution in [0.1, 0.15) is 31.7 Å². The summed E-state index contributed by atoms with van der Waals surface area (Å²) in [6, 6.07) is 5.46. The highest BCUT2D eigenvalue weighted by molar-refractivity contribution is 6.31. The first-order valence-corrected chi connectivity index (χ1v) is 8.90. The third kappa shape index (κ3) is 3.68. The smallest absolute Gasteiger partial charge is 0.263 e. The number of carbonyl (C=O) groups is 1. The molecule has 2 aliphatic heterocycles. The van der Waals surface area contributed by atoms with Gasteiger partial charge in [-0.2, -0.15) is 0 Å². The van der Waals surface area contributed by atoms with Crippen LogP contribution in [0.4, 0.5) is 0 Å². The number of benzene rings is 1. The second-order valence-corrected chi connectivity index (χ2v) is 6.77. The topological polar surface area (TPSA) is 48.0 Å². The van der Waals surface area contributed by atoms with E-state index in [1.165, 1.54) is 0 Å². The van der Waals surface area contributed by atoms with Crippen molar-refractivity contribution in [3.05, 3.63) is 28.8 Å². The zero-order valence-corrected chi connectivity index (χ0v) is 15.0. The maximum atomic E-state index is 12.8. The molecule has 2 aliphatic rings. The van der Waals surface area contributed by atoms with Crippen molar-refractivity contribution in [1.29, 1.82) is 0 Å². The van der Waals surface area contributed by atoms with Gasteiger partial charge >= 0.3 is 0 Å². The Morgan fingerprint density at radius 2 is 2.00 bits per heavy atom. The van der Waals surface area contributed by atoms with Gasteiger partial charge in [-0.1, -0.05) is 18.5 Å². The van der Waals surface area contributed by atoms with E-state index in [2.05, 4.69) is 0 Å². The van der Waals surface area contributed by atoms with Crippen LogP contribution in [-0.4, -0.2) is 49.0 Å². The fraction of sp³-hybridized carbons (Fsp3) is 0.611. The molecule has 0 bridgehead atoms. The second kappa shape index (κ2) is 7.30. The Kier molecular flexibility index (Phi) is 5.33. The molecular weight excluding hydrogens is 330 g/mol. The predicted molar refractivity (Wildman–Crippen MR) is 91.3 cm³/mol. The number of aryl methyl sites for hydroxylation is 1. The Morgan fingerprint density at radius 3 is 2.58 bits per heavy atom. The quantitative estimate of drug-likeness (QED) is 0.834. The summed E-state index contributed by atoms with van der Waals surface area (Å²) in [5.41, 5.74) is 0.937. The summed E-state index contributed by atoms with van der Waals surface area (Å²) in [7, 11) is 0. The standard InChI is InChI=1S/C18H24ClNO4/c1-3-16(24-14-4-5-15(19)13(2)12-14)17(21)20-8-6-18(7-9-20)22-10-11-23-18/h4-5,12,16H,3,6-11H2,1-2H3/t16-/m1/s1. The Bertz CT molecular complexity index is 591. The molecule has 0 saturated carbocycles. The molecule has 0 N–H and O–H groups in total. The largest absolute Gasteiger partial charge is 0.481 e. The summed E-state index contributed by atoms with van der Waals surface area (Å²) in [5, 5.41) is 0.694. The molecule has 3 rings (SSSR count). The molecule has 1 aromatic carbocycles. The van der Waals surface area contributed by atoms with Crippen molar-refractivity contribution in [2.75, 3.05) is 26.3 Å². The van der Waals surface area contributed by atoms with Gasteiger partial charge in [0.2, 0.25) is 0 Å². The monoisotopic (exact) mass is 353 g/mol. The van der Waals surface area contributed by atoms with E-state index in [0.717, 1.165) is 18.4 Å². The molecule has 1 atom stereocenters. The lowest BCUT2D eigenvalue weighted by molar-refractivity contribution is -0.189. The first-order chi connectivity index (χ1) is 11.5. The highest BCUT2D eigenvalue weighted by Crippen LogP contribution is 2.32. The van der Waals surface area contributed by atoms with Gasteiger partial charge in [0.1, 0.15) is 5.75 Å². The van der Waals surface area contributed by atoms with Crippen molar-refractivity contribution < 1.29 is 19.0 Å². The molecule has 1 aromatic rings. The van der Waals surface area contributed by atoms with Crippen molar-refractivity contribution in [3.8, 4) is 5.75 Å². The predicted octanol–water partition coefficient (Wildman–Crippen LogP) is 3.17. The van der Waals surface area contributed by atoms with E-state index < -0.39 is 11.9 Å². The number of likely N-dealkylation sites (tertiary alicyclic amines) is 1. The van der Waals surface area contributed by atoms with Crippen molar-refractivity contribution in [2.45, 2.75) is 45.0 Å². The normalized spacial score (nSPS) is 21.0. The Hall–Kier alpha value is -1.30. The number of halogens is 1. The van der Waals surface area contributed by atoms with Gasteiger partial charge in [0.25, 0.3) is 5.91 Å². The van der Waals surface area contributed by atoms with Gasteiger partial charge in [0.15, 0.2) is 11.9 Å². The van der Waals surface area contributed by atoms with Crippen LogP contribution in [0, 0.1) is 6.92 Å². The van der Waals surface area contributed by atoms with E-state index in [-0.39, 0.29) is 5.91 Å². The Labute approximate surface area is 147 Å². The minimum absolute atomic E-state index is 0.0259. The molecule has 0 unspecified atom stereocenters. The first-order valence-electron chi connectivity index (χ1n) is 8.52. The molecule has 1 spiro atoms. The summed E-state index contributed by atoms with van der Waals surface area (Å²) < 4.78 is 17.3. The maximum Gasteiger partial charge on any atom is 0.263 e. The van der Waals surface area contributed by atoms with Crippen LogP contribution in [0.15, 0.2) is 18.2 Å². The van der Waals surface area contributed by atoms with E-state index in [1.54, 1.807) is 12.1 Å². The number of rotatable bonds is 4. The molecule has 5 nitrogen and oxygen atoms in total. The average Bonchev–Trinajstić information content (AvgIpc) is 3.04. The van der Waals surface area contributed by atoms with E-state index in [0.29, 0.717) is 43.5 Å². The van der Waals surface area contributed by atoms with E-state index in [4.69, 9.17) is 25.8 Å². The number of piperidine rings is 1. The minimum atomic E-state index is -0.481. The summed E-state index contributed by atoms with van der Waals surface area (Å²) in [6.45, 7) is 6.44. The van der Waals surface area contributed by atoms with Crippen molar-refractivity contribution in [1.82, 2.24) is 4.90 Å². The molecule has 0 radical (unpaired) electrons. The lowest BCUT2D eigenvalue weighted by atomic mass is 10.0. The average molecular weight is 354 g/mol. The molecular formula is C18H24ClNO4. The SMILES string of the molecule is CC[C@@H](Oc1ccc(Cl)c(C)c1)C(=O)N1CCC2(CC1)OCCO2. The molecule has 2 saturated heterocycles. The van der Waals surface area contributed by atoms with Crippen molar-refractivity contribution in [3.63, 3.8) is 0 Å². The highest BCUT2D eigenvalue weighted by atomic mass is 35.5. The Balaban J connectivity index is 1.61. The first kappa shape index (κ1) is 17.5. The third-order valence-corrected chi connectivity index (χ3v) is 5.13. The van der Waals surface area contributed by atoms with Gasteiger partial charge < -0.3 is 19.1 Å². The van der Waals surface area contributed by atoms with Gasteiger partial charge in [-0.15, -0.1) is 0 Å². The highest BCUT2D eigenvalue weighted by Gasteiger charge is 2.41. The number of ether oxygens (including phenoxy) is 3. The summed E-state index contributed by atoms with van der Waals surface area (Å²) >= 11 is 6.04. The van der Waals surface area contributed by atoms with Gasteiger partial charge in [0, 0.05) is 31.0 Å². The van der Waals surface area contributed by atoms with Crippen LogP contribution >= 0.6 is 11.6 Å². The summed E-state index contributed by atoms with van der Waals surface area (Å²) in [5.74, 6) is 0.234. The fourth-order valence-corrected chi connectivity index (χ4v) is 3.34. The fourth-order valence-electron chi connectivity index (χ4n) is 3.22. The number of amides is 1. The zero-order valence-electron chi connectivity index (χ0n) is 14.2. The Morgan fingerprint density at radius 1 is 1.33 bits per heavy atom. The lowest BCUT2D eigenvalue weighted by Gasteiger charge is -2.38. The van der Waals surface area contributed by atoms with Crippen LogP contribution in [-0.2, 0) is 14.3 Å². The molecule has 6 heteroatoms. The number of carbonyl (C=O) groups excluding carboxylic acids is 1. The van der Waals surface area contributed by atoms with Crippen molar-refractivity contribution in [2.24, 2.45) is 0 Å². The molecule has 1 amide bonds. The van der Waals surface area contributed by atoms with Crippen LogP contribution in [0.5, 0.6) is 5.75 Å². The minimum Gasteiger partial charge on any atom is -0.481 e. The van der Waals surface area contributed by atoms with Gasteiger partial charge in [0.05, 0.1) is 13.2 Å². The van der Waals surface area contributed by atoms with Crippen molar-refractivity contribution >= 4 is 17.5 Å². The maximum absolute atomic E-state index is 12.8. The summed E-state index contributed by atoms with van der Waals surface area (Å²) in [6.07, 6.45) is 1.57. The molecule has 2 fully saturated rings. The van der Waals surface area contributed by atoms with E-state index >= 15 is 0 Å². The van der Waals surface area contributed by atoms with Crippen LogP contribution < -0.4 is 4.74 Å². The summed E-state index contributed by atoms with van der Waals surface area (Å²) in [4.78, 5) is 14.6. The van der Waals surface area contributed by atoms with Crippen LogP contribution in [0.2, 0.25) is 5.02 Å². The number of hydrogen-bond acceptors (Lipinski definition) is 4. The van der Waals surface area contributed by atoms with Gasteiger partial charge in [-0.25, -0.2) is 0 Å². The number of nitrogens with zero attached hydrogens (tertiary/aromatic N) is 1. The number of hydrogen-bond donors (Lipinski definition) is 0.